The van der Waals surface area contributed by atoms with Crippen LogP contribution in [0.25, 0.3) is 16.7 Å². The molecule has 0 saturated carbocycles. The van der Waals surface area contributed by atoms with Gasteiger partial charge in [0.15, 0.2) is 0 Å². The summed E-state index contributed by atoms with van der Waals surface area (Å²) < 4.78 is 4.71. The predicted molar refractivity (Wildman–Crippen MR) is 84.0 cm³/mol. The zero-order valence-electron chi connectivity index (χ0n) is 12.0. The van der Waals surface area contributed by atoms with Crippen LogP contribution in [0.5, 0.6) is 5.75 Å². The second-order valence-corrected chi connectivity index (χ2v) is 4.81. The van der Waals surface area contributed by atoms with E-state index in [0.717, 1.165) is 16.7 Å². The van der Waals surface area contributed by atoms with Gasteiger partial charge in [-0.1, -0.05) is 18.7 Å². The van der Waals surface area contributed by atoms with E-state index in [1.165, 1.54) is 13.2 Å². The number of aromatic hydroxyl groups is 1. The Balaban J connectivity index is 2.59. The number of hydrogen-bond acceptors (Lipinski definition) is 4. The van der Waals surface area contributed by atoms with Crippen molar-refractivity contribution in [2.24, 2.45) is 0 Å². The van der Waals surface area contributed by atoms with E-state index in [0.29, 0.717) is 16.8 Å². The van der Waals surface area contributed by atoms with E-state index >= 15 is 0 Å². The van der Waals surface area contributed by atoms with Crippen molar-refractivity contribution in [1.29, 1.82) is 0 Å². The summed E-state index contributed by atoms with van der Waals surface area (Å²) >= 11 is 0. The summed E-state index contributed by atoms with van der Waals surface area (Å²) in [7, 11) is 1.34. The quantitative estimate of drug-likeness (QED) is 0.668. The Morgan fingerprint density at radius 3 is 2.62 bits per heavy atom. The summed E-state index contributed by atoms with van der Waals surface area (Å²) in [4.78, 5) is 11.6. The second-order valence-electron chi connectivity index (χ2n) is 4.81. The molecule has 0 unspecified atom stereocenters. The Morgan fingerprint density at radius 2 is 2.00 bits per heavy atom. The summed E-state index contributed by atoms with van der Waals surface area (Å²) in [5, 5.41) is 9.90. The van der Waals surface area contributed by atoms with Crippen molar-refractivity contribution in [1.82, 2.24) is 0 Å². The summed E-state index contributed by atoms with van der Waals surface area (Å²) in [6.07, 6.45) is 0. The van der Waals surface area contributed by atoms with Gasteiger partial charge in [-0.05, 0) is 36.3 Å². The molecule has 0 atom stereocenters. The van der Waals surface area contributed by atoms with Gasteiger partial charge in [-0.3, -0.25) is 0 Å². The highest BCUT2D eigenvalue weighted by Gasteiger charge is 2.12. The van der Waals surface area contributed by atoms with Crippen LogP contribution in [-0.2, 0) is 4.74 Å². The van der Waals surface area contributed by atoms with E-state index in [1.54, 1.807) is 31.2 Å². The molecule has 0 heterocycles. The number of rotatable bonds is 3. The van der Waals surface area contributed by atoms with Gasteiger partial charge in [0.05, 0.1) is 12.7 Å². The largest absolute Gasteiger partial charge is 0.507 e. The fourth-order valence-corrected chi connectivity index (χ4v) is 2.13. The van der Waals surface area contributed by atoms with Crippen molar-refractivity contribution < 1.29 is 14.6 Å². The van der Waals surface area contributed by atoms with E-state index < -0.39 is 5.97 Å². The summed E-state index contributed by atoms with van der Waals surface area (Å²) in [5.74, 6) is -0.317. The van der Waals surface area contributed by atoms with Crippen molar-refractivity contribution in [2.75, 3.05) is 12.8 Å². The van der Waals surface area contributed by atoms with Crippen LogP contribution in [0.1, 0.15) is 22.8 Å². The van der Waals surface area contributed by atoms with Gasteiger partial charge in [0.1, 0.15) is 5.75 Å². The third kappa shape index (κ3) is 2.89. The average molecular weight is 283 g/mol. The van der Waals surface area contributed by atoms with Crippen molar-refractivity contribution in [3.05, 3.63) is 54.1 Å². The van der Waals surface area contributed by atoms with Crippen LogP contribution in [0.3, 0.4) is 0 Å². The SMILES string of the molecule is C=C(C)c1cc(-c2cccc(C(=O)OC)c2)c(N)cc1O. The van der Waals surface area contributed by atoms with Gasteiger partial charge in [-0.25, -0.2) is 4.79 Å². The number of carbonyl (C=O) groups excluding carboxylic acids is 1. The molecule has 2 aromatic rings. The monoisotopic (exact) mass is 283 g/mol. The molecule has 2 aromatic carbocycles. The Bertz CT molecular complexity index is 720. The smallest absolute Gasteiger partial charge is 0.337 e. The van der Waals surface area contributed by atoms with Crippen LogP contribution >= 0.6 is 0 Å². The van der Waals surface area contributed by atoms with Crippen LogP contribution in [0.4, 0.5) is 5.69 Å². The highest BCUT2D eigenvalue weighted by molar-refractivity contribution is 5.92. The molecule has 108 valence electrons. The molecule has 4 heteroatoms. The normalized spacial score (nSPS) is 10.2. The van der Waals surface area contributed by atoms with Crippen LogP contribution in [0.15, 0.2) is 43.0 Å². The van der Waals surface area contributed by atoms with E-state index in [-0.39, 0.29) is 5.75 Å². The second kappa shape index (κ2) is 5.71. The molecule has 2 rings (SSSR count). The third-order valence-electron chi connectivity index (χ3n) is 3.22. The molecule has 0 saturated heterocycles. The van der Waals surface area contributed by atoms with Gasteiger partial charge in [-0.15, -0.1) is 0 Å². The average Bonchev–Trinajstić information content (AvgIpc) is 2.46. The molecule has 0 amide bonds. The number of phenols is 1. The lowest BCUT2D eigenvalue weighted by atomic mass is 9.96. The minimum absolute atomic E-state index is 0.0906. The first-order chi connectivity index (χ1) is 9.93. The Morgan fingerprint density at radius 1 is 1.29 bits per heavy atom. The molecule has 0 radical (unpaired) electrons. The Labute approximate surface area is 123 Å². The van der Waals surface area contributed by atoms with E-state index in [4.69, 9.17) is 10.5 Å². The van der Waals surface area contributed by atoms with Gasteiger partial charge in [0.25, 0.3) is 0 Å². The van der Waals surface area contributed by atoms with Crippen molar-refractivity contribution >= 4 is 17.2 Å². The number of nitrogen functional groups attached to an aromatic ring is 1. The lowest BCUT2D eigenvalue weighted by Gasteiger charge is -2.12. The molecule has 0 aliphatic carbocycles. The number of phenolic OH excluding ortho intramolecular Hbond substituents is 1. The fraction of sp³-hybridized carbons (Fsp3) is 0.118. The minimum Gasteiger partial charge on any atom is -0.507 e. The first kappa shape index (κ1) is 14.7. The summed E-state index contributed by atoms with van der Waals surface area (Å²) in [5.41, 5.74) is 9.72. The number of nitrogens with two attached hydrogens (primary N) is 1. The van der Waals surface area contributed by atoms with Gasteiger partial charge in [0.2, 0.25) is 0 Å². The standard InChI is InChI=1S/C17H17NO3/c1-10(2)13-8-14(15(18)9-16(13)19)11-5-4-6-12(7-11)17(20)21-3/h4-9,19H,1,18H2,2-3H3. The molecule has 0 aliphatic rings. The zero-order valence-corrected chi connectivity index (χ0v) is 12.0. The van der Waals surface area contributed by atoms with Gasteiger partial charge in [0, 0.05) is 22.9 Å². The van der Waals surface area contributed by atoms with Crippen LogP contribution in [0.2, 0.25) is 0 Å². The highest BCUT2D eigenvalue weighted by atomic mass is 16.5. The molecular weight excluding hydrogens is 266 g/mol. The molecule has 4 nitrogen and oxygen atoms in total. The fourth-order valence-electron chi connectivity index (χ4n) is 2.13. The van der Waals surface area contributed by atoms with Crippen molar-refractivity contribution in [3.8, 4) is 16.9 Å². The topological polar surface area (TPSA) is 72.5 Å². The third-order valence-corrected chi connectivity index (χ3v) is 3.22. The molecule has 0 aromatic heterocycles. The van der Waals surface area contributed by atoms with Crippen LogP contribution in [0, 0.1) is 0 Å². The number of benzene rings is 2. The van der Waals surface area contributed by atoms with Crippen LogP contribution < -0.4 is 5.73 Å². The number of esters is 1. The number of hydrogen-bond donors (Lipinski definition) is 2. The van der Waals surface area contributed by atoms with Crippen molar-refractivity contribution in [2.45, 2.75) is 6.92 Å². The lowest BCUT2D eigenvalue weighted by Crippen LogP contribution is -2.01. The Kier molecular flexibility index (Phi) is 3.98. The molecule has 0 spiro atoms. The molecule has 0 aliphatic heterocycles. The maximum atomic E-state index is 11.6. The minimum atomic E-state index is -0.408. The van der Waals surface area contributed by atoms with Gasteiger partial charge >= 0.3 is 5.97 Å². The highest BCUT2D eigenvalue weighted by Crippen LogP contribution is 2.35. The maximum Gasteiger partial charge on any atom is 0.337 e. The predicted octanol–water partition coefficient (Wildman–Crippen LogP) is 3.46. The summed E-state index contributed by atoms with van der Waals surface area (Å²) in [6.45, 7) is 5.64. The number of carbonyl (C=O) groups is 1. The van der Waals surface area contributed by atoms with E-state index in [2.05, 4.69) is 6.58 Å². The molecule has 0 fully saturated rings. The van der Waals surface area contributed by atoms with Gasteiger partial charge in [-0.2, -0.15) is 0 Å². The molecule has 0 bridgehead atoms. The van der Waals surface area contributed by atoms with Crippen LogP contribution in [-0.4, -0.2) is 18.2 Å². The summed E-state index contributed by atoms with van der Waals surface area (Å²) in [6, 6.07) is 10.2. The lowest BCUT2D eigenvalue weighted by molar-refractivity contribution is 0.0601. The first-order valence-corrected chi connectivity index (χ1v) is 6.41. The van der Waals surface area contributed by atoms with Crippen molar-refractivity contribution in [3.63, 3.8) is 0 Å². The van der Waals surface area contributed by atoms with E-state index in [9.17, 15) is 9.90 Å². The molecular formula is C17H17NO3. The number of methoxy groups -OCH3 is 1. The molecule has 3 N–H and O–H groups in total. The van der Waals surface area contributed by atoms with E-state index in [1.807, 2.05) is 6.07 Å². The zero-order chi connectivity index (χ0) is 15.6. The Hall–Kier alpha value is -2.75. The number of ether oxygens (including phenoxy) is 1. The maximum absolute atomic E-state index is 11.6. The van der Waals surface area contributed by atoms with Gasteiger partial charge < -0.3 is 15.6 Å². The molecule has 21 heavy (non-hydrogen) atoms. The first-order valence-electron chi connectivity index (χ1n) is 6.41. The number of allylic oxidation sites excluding steroid dienone is 1. The number of anilines is 1.